The molecule has 0 saturated heterocycles. The first-order valence-corrected chi connectivity index (χ1v) is 11.0. The van der Waals surface area contributed by atoms with Gasteiger partial charge in [-0.1, -0.05) is 48.5 Å². The van der Waals surface area contributed by atoms with Crippen LogP contribution in [0.5, 0.6) is 5.75 Å². The molecular weight excluding hydrogens is 412 g/mol. The number of nitrogens with zero attached hydrogens (tertiary/aromatic N) is 3. The zero-order chi connectivity index (χ0) is 22.5. The van der Waals surface area contributed by atoms with Crippen molar-refractivity contribution in [3.8, 4) is 5.75 Å². The van der Waals surface area contributed by atoms with Crippen LogP contribution in [-0.2, 0) is 13.1 Å². The van der Waals surface area contributed by atoms with Gasteiger partial charge in [0, 0.05) is 12.7 Å². The summed E-state index contributed by atoms with van der Waals surface area (Å²) in [6.07, 6.45) is 2.42. The molecule has 2 heterocycles. The first-order chi connectivity index (χ1) is 16.3. The van der Waals surface area contributed by atoms with Crippen LogP contribution in [0.15, 0.2) is 91.1 Å². The highest BCUT2D eigenvalue weighted by Crippen LogP contribution is 2.21. The third-order valence-corrected chi connectivity index (χ3v) is 5.55. The normalized spacial score (nSPS) is 11.0. The van der Waals surface area contributed by atoms with Gasteiger partial charge in [-0.15, -0.1) is 0 Å². The predicted molar refractivity (Wildman–Crippen MR) is 129 cm³/mol. The van der Waals surface area contributed by atoms with Crippen LogP contribution < -0.4 is 10.1 Å². The summed E-state index contributed by atoms with van der Waals surface area (Å²) in [5, 5.41) is 5.30. The molecule has 0 atom stereocenters. The number of fused-ring (bicyclic) bond motifs is 2. The molecule has 3 aromatic carbocycles. The fraction of sp³-hybridized carbons (Fsp3) is 0.148. The van der Waals surface area contributed by atoms with Crippen LogP contribution in [0.25, 0.3) is 21.8 Å². The van der Waals surface area contributed by atoms with E-state index in [4.69, 9.17) is 9.72 Å². The molecule has 0 saturated carbocycles. The summed E-state index contributed by atoms with van der Waals surface area (Å²) < 4.78 is 8.16. The van der Waals surface area contributed by atoms with E-state index in [1.807, 2.05) is 36.4 Å². The van der Waals surface area contributed by atoms with Crippen molar-refractivity contribution in [2.75, 3.05) is 6.61 Å². The van der Waals surface area contributed by atoms with Crippen molar-refractivity contribution < 1.29 is 9.53 Å². The maximum absolute atomic E-state index is 12.4. The standard InChI is InChI=1S/C27H24N4O2/c32-27(24-11-5-6-15-28-24)29-19-26-30-23-10-3-4-12-25(23)31(26)16-7-17-33-22-14-13-20-8-1-2-9-21(20)18-22/h1-6,8-15,18H,7,16-17,19H2,(H,29,32). The van der Waals surface area contributed by atoms with Gasteiger partial charge in [0.25, 0.3) is 5.91 Å². The summed E-state index contributed by atoms with van der Waals surface area (Å²) >= 11 is 0. The molecule has 0 radical (unpaired) electrons. The number of aryl methyl sites for hydroxylation is 1. The highest BCUT2D eigenvalue weighted by molar-refractivity contribution is 5.92. The molecule has 5 rings (SSSR count). The van der Waals surface area contributed by atoms with Crippen molar-refractivity contribution in [2.24, 2.45) is 0 Å². The Morgan fingerprint density at radius 3 is 2.61 bits per heavy atom. The van der Waals surface area contributed by atoms with E-state index in [0.717, 1.165) is 35.6 Å². The number of para-hydroxylation sites is 2. The zero-order valence-corrected chi connectivity index (χ0v) is 18.1. The molecule has 0 aliphatic heterocycles. The third kappa shape index (κ3) is 4.70. The summed E-state index contributed by atoms with van der Waals surface area (Å²) in [4.78, 5) is 21.3. The Hall–Kier alpha value is -4.19. The summed E-state index contributed by atoms with van der Waals surface area (Å²) in [6, 6.07) is 27.7. The number of hydrogen-bond acceptors (Lipinski definition) is 4. The maximum Gasteiger partial charge on any atom is 0.270 e. The van der Waals surface area contributed by atoms with Gasteiger partial charge >= 0.3 is 0 Å². The summed E-state index contributed by atoms with van der Waals surface area (Å²) in [6.45, 7) is 1.66. The number of carbonyl (C=O) groups is 1. The lowest BCUT2D eigenvalue weighted by molar-refractivity contribution is 0.0944. The number of amides is 1. The van der Waals surface area contributed by atoms with E-state index >= 15 is 0 Å². The molecular formula is C27H24N4O2. The second-order valence-electron chi connectivity index (χ2n) is 7.78. The van der Waals surface area contributed by atoms with E-state index in [1.165, 1.54) is 10.8 Å². The lowest BCUT2D eigenvalue weighted by atomic mass is 10.1. The van der Waals surface area contributed by atoms with Gasteiger partial charge in [-0.2, -0.15) is 0 Å². The Balaban J connectivity index is 1.25. The molecule has 6 nitrogen and oxygen atoms in total. The Morgan fingerprint density at radius 1 is 0.909 bits per heavy atom. The van der Waals surface area contributed by atoms with Gasteiger partial charge in [0.05, 0.1) is 24.2 Å². The lowest BCUT2D eigenvalue weighted by Gasteiger charge is -2.11. The molecule has 0 aliphatic carbocycles. The van der Waals surface area contributed by atoms with Crippen molar-refractivity contribution in [3.05, 3.63) is 103 Å². The number of aromatic nitrogens is 3. The molecule has 2 aromatic heterocycles. The van der Waals surface area contributed by atoms with Crippen LogP contribution in [0, 0.1) is 0 Å². The summed E-state index contributed by atoms with van der Waals surface area (Å²) in [5.74, 6) is 1.46. The highest BCUT2D eigenvalue weighted by Gasteiger charge is 2.13. The number of imidazole rings is 1. The minimum absolute atomic E-state index is 0.214. The van der Waals surface area contributed by atoms with Gasteiger partial charge in [-0.05, 0) is 53.6 Å². The van der Waals surface area contributed by atoms with Crippen molar-refractivity contribution in [1.82, 2.24) is 19.9 Å². The number of pyridine rings is 1. The van der Waals surface area contributed by atoms with Crippen molar-refractivity contribution in [3.63, 3.8) is 0 Å². The number of hydrogen-bond donors (Lipinski definition) is 1. The van der Waals surface area contributed by atoms with Crippen LogP contribution in [-0.4, -0.2) is 27.0 Å². The molecule has 0 bridgehead atoms. The van der Waals surface area contributed by atoms with Crippen LogP contribution in [0.2, 0.25) is 0 Å². The number of carbonyl (C=O) groups excluding carboxylic acids is 1. The van der Waals surface area contributed by atoms with E-state index in [-0.39, 0.29) is 5.91 Å². The topological polar surface area (TPSA) is 69.0 Å². The van der Waals surface area contributed by atoms with Gasteiger partial charge in [-0.25, -0.2) is 4.98 Å². The zero-order valence-electron chi connectivity index (χ0n) is 18.1. The van der Waals surface area contributed by atoms with Gasteiger partial charge in [0.15, 0.2) is 0 Å². The third-order valence-electron chi connectivity index (χ3n) is 5.55. The largest absolute Gasteiger partial charge is 0.494 e. The van der Waals surface area contributed by atoms with Crippen molar-refractivity contribution >= 4 is 27.7 Å². The molecule has 0 spiro atoms. The second-order valence-corrected chi connectivity index (χ2v) is 7.78. The molecule has 6 heteroatoms. The Morgan fingerprint density at radius 2 is 1.73 bits per heavy atom. The van der Waals surface area contributed by atoms with Crippen LogP contribution in [0.3, 0.4) is 0 Å². The van der Waals surface area contributed by atoms with Gasteiger partial charge in [0.1, 0.15) is 17.3 Å². The van der Waals surface area contributed by atoms with Gasteiger partial charge in [-0.3, -0.25) is 9.78 Å². The Labute approximate surface area is 191 Å². The predicted octanol–water partition coefficient (Wildman–Crippen LogP) is 4.98. The Bertz CT molecular complexity index is 1400. The molecule has 0 unspecified atom stereocenters. The monoisotopic (exact) mass is 436 g/mol. The number of benzene rings is 3. The maximum atomic E-state index is 12.4. The highest BCUT2D eigenvalue weighted by atomic mass is 16.5. The molecule has 0 aliphatic rings. The van der Waals surface area contributed by atoms with E-state index in [0.29, 0.717) is 18.8 Å². The molecule has 1 amide bonds. The molecule has 5 aromatic rings. The van der Waals surface area contributed by atoms with Gasteiger partial charge in [0.2, 0.25) is 0 Å². The smallest absolute Gasteiger partial charge is 0.270 e. The average molecular weight is 437 g/mol. The van der Waals surface area contributed by atoms with Crippen LogP contribution in [0.4, 0.5) is 0 Å². The summed E-state index contributed by atoms with van der Waals surface area (Å²) in [5.41, 5.74) is 2.35. The number of rotatable bonds is 8. The SMILES string of the molecule is O=C(NCc1nc2ccccc2n1CCCOc1ccc2ccccc2c1)c1ccccn1. The Kier molecular flexibility index (Phi) is 5.97. The molecule has 0 fully saturated rings. The van der Waals surface area contributed by atoms with Crippen LogP contribution >= 0.6 is 0 Å². The fourth-order valence-electron chi connectivity index (χ4n) is 3.93. The fourth-order valence-corrected chi connectivity index (χ4v) is 3.93. The quantitative estimate of drug-likeness (QED) is 0.348. The van der Waals surface area contributed by atoms with Crippen LogP contribution in [0.1, 0.15) is 22.7 Å². The lowest BCUT2D eigenvalue weighted by Crippen LogP contribution is -2.25. The number of ether oxygens (including phenoxy) is 1. The molecule has 164 valence electrons. The van der Waals surface area contributed by atoms with E-state index in [2.05, 4.69) is 45.2 Å². The van der Waals surface area contributed by atoms with Crippen molar-refractivity contribution in [1.29, 1.82) is 0 Å². The van der Waals surface area contributed by atoms with E-state index in [1.54, 1.807) is 24.4 Å². The minimum atomic E-state index is -0.214. The van der Waals surface area contributed by atoms with E-state index < -0.39 is 0 Å². The van der Waals surface area contributed by atoms with Crippen molar-refractivity contribution in [2.45, 2.75) is 19.5 Å². The number of nitrogens with one attached hydrogen (secondary N) is 1. The average Bonchev–Trinajstić information content (AvgIpc) is 3.23. The van der Waals surface area contributed by atoms with E-state index in [9.17, 15) is 4.79 Å². The minimum Gasteiger partial charge on any atom is -0.494 e. The first-order valence-electron chi connectivity index (χ1n) is 11.0. The molecule has 33 heavy (non-hydrogen) atoms. The second kappa shape index (κ2) is 9.53. The molecule has 1 N–H and O–H groups in total. The first kappa shape index (κ1) is 20.7. The summed E-state index contributed by atoms with van der Waals surface area (Å²) in [7, 11) is 0. The van der Waals surface area contributed by atoms with Gasteiger partial charge < -0.3 is 14.6 Å².